The maximum Gasteiger partial charge on any atom is 0.245 e. The van der Waals surface area contributed by atoms with Gasteiger partial charge in [0.25, 0.3) is 0 Å². The van der Waals surface area contributed by atoms with Gasteiger partial charge in [0.2, 0.25) is 5.91 Å². The molecule has 1 unspecified atom stereocenters. The van der Waals surface area contributed by atoms with Crippen LogP contribution in [0.25, 0.3) is 0 Å². The molecular weight excluding hydrogens is 261 g/mol. The molecule has 1 heterocycles. The smallest absolute Gasteiger partial charge is 0.245 e. The van der Waals surface area contributed by atoms with Crippen LogP contribution in [0.5, 0.6) is 0 Å². The lowest BCUT2D eigenvalue weighted by Crippen LogP contribution is -2.54. The van der Waals surface area contributed by atoms with Crippen molar-refractivity contribution in [1.82, 2.24) is 5.32 Å². The highest BCUT2D eigenvalue weighted by atomic mass is 19.1. The van der Waals surface area contributed by atoms with Gasteiger partial charge in [0.05, 0.1) is 18.9 Å². The number of nitrogens with two attached hydrogens (primary N) is 1. The van der Waals surface area contributed by atoms with Gasteiger partial charge in [-0.25, -0.2) is 4.39 Å². The van der Waals surface area contributed by atoms with Crippen molar-refractivity contribution < 1.29 is 13.9 Å². The molecule has 1 aromatic rings. The third-order valence-electron chi connectivity index (χ3n) is 3.36. The van der Waals surface area contributed by atoms with Crippen LogP contribution in [0.15, 0.2) is 18.2 Å². The molecule has 0 saturated carbocycles. The van der Waals surface area contributed by atoms with E-state index in [9.17, 15) is 9.18 Å². The number of carbonyl (C=O) groups is 1. The molecule has 1 fully saturated rings. The standard InChI is InChI=1S/C14H20FN3O2/c1-2-17-14(19)12-9-20-7-6-18(12)13-10(8-16)4-3-5-11(13)15/h3-5,12H,2,6-9,16H2,1H3,(H,17,19). The van der Waals surface area contributed by atoms with Crippen molar-refractivity contribution in [2.75, 3.05) is 31.2 Å². The number of para-hydroxylation sites is 1. The van der Waals surface area contributed by atoms with E-state index in [4.69, 9.17) is 10.5 Å². The first-order valence-corrected chi connectivity index (χ1v) is 6.78. The van der Waals surface area contributed by atoms with E-state index in [2.05, 4.69) is 5.32 Å². The summed E-state index contributed by atoms with van der Waals surface area (Å²) < 4.78 is 19.5. The van der Waals surface area contributed by atoms with Gasteiger partial charge >= 0.3 is 0 Å². The maximum atomic E-state index is 14.2. The molecule has 1 atom stereocenters. The molecule has 0 spiro atoms. The van der Waals surface area contributed by atoms with Crippen LogP contribution < -0.4 is 16.0 Å². The average molecular weight is 281 g/mol. The summed E-state index contributed by atoms with van der Waals surface area (Å²) in [6.45, 7) is 3.80. The lowest BCUT2D eigenvalue weighted by molar-refractivity contribution is -0.124. The third-order valence-corrected chi connectivity index (χ3v) is 3.36. The molecule has 1 saturated heterocycles. The minimum atomic E-state index is -0.522. The Hall–Kier alpha value is -1.66. The van der Waals surface area contributed by atoms with Crippen LogP contribution >= 0.6 is 0 Å². The van der Waals surface area contributed by atoms with Crippen LogP contribution in [0.4, 0.5) is 10.1 Å². The first kappa shape index (κ1) is 14.7. The van der Waals surface area contributed by atoms with Crippen LogP contribution in [-0.4, -0.2) is 38.3 Å². The largest absolute Gasteiger partial charge is 0.377 e. The Bertz CT molecular complexity index is 481. The van der Waals surface area contributed by atoms with Crippen LogP contribution in [0.3, 0.4) is 0 Å². The van der Waals surface area contributed by atoms with Crippen molar-refractivity contribution >= 4 is 11.6 Å². The molecule has 110 valence electrons. The highest BCUT2D eigenvalue weighted by Crippen LogP contribution is 2.27. The molecule has 20 heavy (non-hydrogen) atoms. The Morgan fingerprint density at radius 1 is 1.60 bits per heavy atom. The van der Waals surface area contributed by atoms with Crippen molar-refractivity contribution in [1.29, 1.82) is 0 Å². The second-order valence-electron chi connectivity index (χ2n) is 4.63. The van der Waals surface area contributed by atoms with E-state index >= 15 is 0 Å². The molecular formula is C14H20FN3O2. The summed E-state index contributed by atoms with van der Waals surface area (Å²) >= 11 is 0. The fourth-order valence-corrected chi connectivity index (χ4v) is 2.43. The zero-order chi connectivity index (χ0) is 14.5. The highest BCUT2D eigenvalue weighted by molar-refractivity contribution is 5.86. The molecule has 3 N–H and O–H groups in total. The Balaban J connectivity index is 2.35. The van der Waals surface area contributed by atoms with E-state index in [-0.39, 0.29) is 24.9 Å². The number of nitrogens with zero attached hydrogens (tertiary/aromatic N) is 1. The first-order valence-electron chi connectivity index (χ1n) is 6.78. The average Bonchev–Trinajstić information content (AvgIpc) is 2.47. The van der Waals surface area contributed by atoms with Gasteiger partial charge in [-0.1, -0.05) is 12.1 Å². The second kappa shape index (κ2) is 6.67. The van der Waals surface area contributed by atoms with Gasteiger partial charge in [0, 0.05) is 19.6 Å². The number of likely N-dealkylation sites (N-methyl/N-ethyl adjacent to an activating group) is 1. The number of nitrogens with one attached hydrogen (secondary N) is 1. The number of rotatable bonds is 4. The Labute approximate surface area is 117 Å². The number of carbonyl (C=O) groups excluding carboxylic acids is 1. The van der Waals surface area contributed by atoms with Crippen LogP contribution in [0, 0.1) is 5.82 Å². The van der Waals surface area contributed by atoms with Crippen molar-refractivity contribution in [2.24, 2.45) is 5.73 Å². The number of hydrogen-bond donors (Lipinski definition) is 2. The summed E-state index contributed by atoms with van der Waals surface area (Å²) in [6.07, 6.45) is 0. The number of ether oxygens (including phenoxy) is 1. The van der Waals surface area contributed by atoms with E-state index in [0.29, 0.717) is 30.9 Å². The van der Waals surface area contributed by atoms with Gasteiger partial charge in [-0.05, 0) is 18.6 Å². The summed E-state index contributed by atoms with van der Waals surface area (Å²) in [6, 6.07) is 4.27. The number of halogens is 1. The molecule has 1 aromatic carbocycles. The molecule has 0 radical (unpaired) electrons. The lowest BCUT2D eigenvalue weighted by Gasteiger charge is -2.37. The summed E-state index contributed by atoms with van der Waals surface area (Å²) in [7, 11) is 0. The van der Waals surface area contributed by atoms with Gasteiger partial charge in [0.1, 0.15) is 11.9 Å². The fourth-order valence-electron chi connectivity index (χ4n) is 2.43. The first-order chi connectivity index (χ1) is 9.69. The van der Waals surface area contributed by atoms with E-state index < -0.39 is 6.04 Å². The summed E-state index contributed by atoms with van der Waals surface area (Å²) in [5.74, 6) is -0.512. The zero-order valence-electron chi connectivity index (χ0n) is 11.6. The van der Waals surface area contributed by atoms with E-state index in [1.54, 1.807) is 17.0 Å². The summed E-state index contributed by atoms with van der Waals surface area (Å²) in [5, 5.41) is 2.76. The molecule has 0 bridgehead atoms. The minimum Gasteiger partial charge on any atom is -0.377 e. The number of anilines is 1. The predicted octanol–water partition coefficient (Wildman–Crippen LogP) is 0.626. The van der Waals surface area contributed by atoms with Crippen molar-refractivity contribution in [3.63, 3.8) is 0 Å². The van der Waals surface area contributed by atoms with Crippen LogP contribution in [-0.2, 0) is 16.1 Å². The van der Waals surface area contributed by atoms with E-state index in [1.165, 1.54) is 6.07 Å². The number of hydrogen-bond acceptors (Lipinski definition) is 4. The third kappa shape index (κ3) is 2.91. The topological polar surface area (TPSA) is 67.6 Å². The lowest BCUT2D eigenvalue weighted by atomic mass is 10.1. The van der Waals surface area contributed by atoms with Crippen LogP contribution in [0.1, 0.15) is 12.5 Å². The number of benzene rings is 1. The fraction of sp³-hybridized carbons (Fsp3) is 0.500. The molecule has 6 heteroatoms. The maximum absolute atomic E-state index is 14.2. The Morgan fingerprint density at radius 2 is 2.40 bits per heavy atom. The SMILES string of the molecule is CCNC(=O)C1COCCN1c1c(F)cccc1CN. The van der Waals surface area contributed by atoms with Gasteiger partial charge in [0.15, 0.2) is 0 Å². The number of morpholine rings is 1. The zero-order valence-corrected chi connectivity index (χ0v) is 11.6. The minimum absolute atomic E-state index is 0.154. The van der Waals surface area contributed by atoms with Gasteiger partial charge in [-0.2, -0.15) is 0 Å². The molecule has 1 amide bonds. The van der Waals surface area contributed by atoms with Gasteiger partial charge in [-0.3, -0.25) is 4.79 Å². The van der Waals surface area contributed by atoms with Crippen molar-refractivity contribution in [3.8, 4) is 0 Å². The van der Waals surface area contributed by atoms with Gasteiger partial charge in [-0.15, -0.1) is 0 Å². The quantitative estimate of drug-likeness (QED) is 0.849. The molecule has 5 nitrogen and oxygen atoms in total. The highest BCUT2D eigenvalue weighted by Gasteiger charge is 2.31. The van der Waals surface area contributed by atoms with Gasteiger partial charge < -0.3 is 20.7 Å². The summed E-state index contributed by atoms with van der Waals surface area (Å²) in [4.78, 5) is 13.9. The Morgan fingerprint density at radius 3 is 3.10 bits per heavy atom. The van der Waals surface area contributed by atoms with Crippen molar-refractivity contribution in [2.45, 2.75) is 19.5 Å². The molecule has 0 aliphatic carbocycles. The molecule has 1 aliphatic heterocycles. The second-order valence-corrected chi connectivity index (χ2v) is 4.63. The normalized spacial score (nSPS) is 18.9. The van der Waals surface area contributed by atoms with Crippen molar-refractivity contribution in [3.05, 3.63) is 29.6 Å². The van der Waals surface area contributed by atoms with Crippen LogP contribution in [0.2, 0.25) is 0 Å². The van der Waals surface area contributed by atoms with E-state index in [1.807, 2.05) is 6.92 Å². The molecule has 0 aromatic heterocycles. The summed E-state index contributed by atoms with van der Waals surface area (Å²) in [5.41, 5.74) is 6.79. The predicted molar refractivity (Wildman–Crippen MR) is 74.9 cm³/mol. The van der Waals surface area contributed by atoms with E-state index in [0.717, 1.165) is 0 Å². The molecule has 1 aliphatic rings. The number of amides is 1. The Kier molecular flexibility index (Phi) is 4.92. The molecule has 2 rings (SSSR count). The monoisotopic (exact) mass is 281 g/mol.